The van der Waals surface area contributed by atoms with Gasteiger partial charge >= 0.3 is 0 Å². The molecule has 1 aliphatic rings. The van der Waals surface area contributed by atoms with E-state index >= 15 is 0 Å². The molecule has 1 atom stereocenters. The summed E-state index contributed by atoms with van der Waals surface area (Å²) in [4.78, 5) is 14.9. The Labute approximate surface area is 123 Å². The highest BCUT2D eigenvalue weighted by atomic mass is 35.5. The first kappa shape index (κ1) is 13.0. The molecule has 0 amide bonds. The van der Waals surface area contributed by atoms with E-state index in [2.05, 4.69) is 15.0 Å². The van der Waals surface area contributed by atoms with Crippen LogP contribution in [0, 0.1) is 0 Å². The minimum atomic E-state index is -0.774. The predicted octanol–water partition coefficient (Wildman–Crippen LogP) is 3.46. The van der Waals surface area contributed by atoms with Crippen molar-refractivity contribution in [1.82, 2.24) is 15.0 Å². The molecule has 0 aromatic carbocycles. The first-order chi connectivity index (χ1) is 9.13. The van der Waals surface area contributed by atoms with Crippen LogP contribution in [0.4, 0.5) is 9.52 Å². The quantitative estimate of drug-likeness (QED) is 0.795. The molecule has 0 aliphatic carbocycles. The van der Waals surface area contributed by atoms with E-state index in [1.807, 2.05) is 4.90 Å². The summed E-state index contributed by atoms with van der Waals surface area (Å²) in [6.07, 6.45) is 2.91. The fourth-order valence-corrected chi connectivity index (χ4v) is 3.27. The lowest BCUT2D eigenvalue weighted by atomic mass is 10.3. The van der Waals surface area contributed by atoms with Crippen LogP contribution in [0.15, 0.2) is 12.4 Å². The lowest BCUT2D eigenvalue weighted by Crippen LogP contribution is -2.19. The number of hydrogen-bond donors (Lipinski definition) is 0. The van der Waals surface area contributed by atoms with Crippen molar-refractivity contribution in [2.45, 2.75) is 12.6 Å². The Balaban J connectivity index is 1.90. The van der Waals surface area contributed by atoms with E-state index in [0.717, 1.165) is 10.0 Å². The molecule has 1 saturated heterocycles. The van der Waals surface area contributed by atoms with Gasteiger partial charge in [-0.3, -0.25) is 0 Å². The van der Waals surface area contributed by atoms with Crippen LogP contribution in [0.5, 0.6) is 0 Å². The van der Waals surface area contributed by atoms with E-state index in [-0.39, 0.29) is 5.28 Å². The lowest BCUT2D eigenvalue weighted by Gasteiger charge is -2.12. The summed E-state index contributed by atoms with van der Waals surface area (Å²) in [7, 11) is 0. The van der Waals surface area contributed by atoms with Crippen molar-refractivity contribution in [3.8, 4) is 10.6 Å². The number of rotatable bonds is 2. The minimum Gasteiger partial charge on any atom is -0.345 e. The predicted molar refractivity (Wildman–Crippen MR) is 74.9 cm³/mol. The molecule has 0 spiro atoms. The topological polar surface area (TPSA) is 41.9 Å². The molecule has 100 valence electrons. The molecule has 2 aromatic heterocycles. The average Bonchev–Trinajstić information content (AvgIpc) is 3.00. The van der Waals surface area contributed by atoms with E-state index in [1.165, 1.54) is 17.5 Å². The van der Waals surface area contributed by atoms with Crippen LogP contribution in [-0.4, -0.2) is 34.2 Å². The summed E-state index contributed by atoms with van der Waals surface area (Å²) in [6, 6.07) is 0. The van der Waals surface area contributed by atoms with Crippen molar-refractivity contribution in [3.63, 3.8) is 0 Å². The van der Waals surface area contributed by atoms with Crippen molar-refractivity contribution in [3.05, 3.63) is 22.7 Å². The van der Waals surface area contributed by atoms with Gasteiger partial charge < -0.3 is 4.90 Å². The van der Waals surface area contributed by atoms with Crippen LogP contribution < -0.4 is 4.90 Å². The van der Waals surface area contributed by atoms with Gasteiger partial charge in [0.1, 0.15) is 11.9 Å². The van der Waals surface area contributed by atoms with Gasteiger partial charge in [0.25, 0.3) is 0 Å². The maximum Gasteiger partial charge on any atom is 0.223 e. The second-order valence-electron chi connectivity index (χ2n) is 4.17. The van der Waals surface area contributed by atoms with Gasteiger partial charge in [-0.25, -0.2) is 19.3 Å². The molecule has 0 radical (unpaired) electrons. The first-order valence-electron chi connectivity index (χ1n) is 5.67. The summed E-state index contributed by atoms with van der Waals surface area (Å²) < 4.78 is 13.2. The van der Waals surface area contributed by atoms with Crippen LogP contribution in [0.3, 0.4) is 0 Å². The molecule has 19 heavy (non-hydrogen) atoms. The van der Waals surface area contributed by atoms with Crippen molar-refractivity contribution in [2.24, 2.45) is 0 Å². The van der Waals surface area contributed by atoms with Crippen molar-refractivity contribution >= 4 is 39.7 Å². The zero-order valence-electron chi connectivity index (χ0n) is 9.68. The van der Waals surface area contributed by atoms with Crippen LogP contribution >= 0.6 is 34.5 Å². The monoisotopic (exact) mass is 318 g/mol. The SMILES string of the molecule is F[C@H]1CCN(c2ncc(-c3nc(Cl)ncc3Cl)s2)C1. The Hall–Kier alpha value is -0.980. The zero-order chi connectivity index (χ0) is 13.4. The molecular formula is C11H9Cl2FN4S. The molecular weight excluding hydrogens is 310 g/mol. The zero-order valence-corrected chi connectivity index (χ0v) is 12.0. The number of aromatic nitrogens is 3. The Bertz CT molecular complexity index is 606. The van der Waals surface area contributed by atoms with Crippen LogP contribution in [0.25, 0.3) is 10.6 Å². The summed E-state index contributed by atoms with van der Waals surface area (Å²) in [5.41, 5.74) is 0.557. The molecule has 2 aromatic rings. The standard InChI is InChI=1S/C11H9Cl2FN4S/c12-7-3-15-10(13)17-9(7)8-4-16-11(19-8)18-2-1-6(14)5-18/h3-4,6H,1-2,5H2/t6-/m0/s1. The molecule has 8 heteroatoms. The third-order valence-corrected chi connectivity index (χ3v) is 4.37. The number of hydrogen-bond acceptors (Lipinski definition) is 5. The lowest BCUT2D eigenvalue weighted by molar-refractivity contribution is 0.364. The number of halogens is 3. The Morgan fingerprint density at radius 3 is 2.89 bits per heavy atom. The Kier molecular flexibility index (Phi) is 3.56. The van der Waals surface area contributed by atoms with Gasteiger partial charge in [0, 0.05) is 12.7 Å². The Morgan fingerprint density at radius 2 is 2.16 bits per heavy atom. The number of thiazole rings is 1. The highest BCUT2D eigenvalue weighted by Crippen LogP contribution is 2.35. The Morgan fingerprint density at radius 1 is 1.32 bits per heavy atom. The molecule has 3 heterocycles. The maximum atomic E-state index is 13.2. The fraction of sp³-hybridized carbons (Fsp3) is 0.364. The third-order valence-electron chi connectivity index (χ3n) is 2.84. The van der Waals surface area contributed by atoms with E-state index in [4.69, 9.17) is 23.2 Å². The molecule has 3 rings (SSSR count). The van der Waals surface area contributed by atoms with Gasteiger partial charge in [0.05, 0.1) is 22.6 Å². The van der Waals surface area contributed by atoms with Gasteiger partial charge in [-0.15, -0.1) is 0 Å². The van der Waals surface area contributed by atoms with Crippen molar-refractivity contribution < 1.29 is 4.39 Å². The minimum absolute atomic E-state index is 0.138. The number of nitrogens with zero attached hydrogens (tertiary/aromatic N) is 4. The van der Waals surface area contributed by atoms with Crippen molar-refractivity contribution in [1.29, 1.82) is 0 Å². The fourth-order valence-electron chi connectivity index (χ4n) is 1.93. The second-order valence-corrected chi connectivity index (χ2v) is 5.93. The molecule has 1 fully saturated rings. The first-order valence-corrected chi connectivity index (χ1v) is 7.24. The number of alkyl halides is 1. The molecule has 0 unspecified atom stereocenters. The van der Waals surface area contributed by atoms with Gasteiger partial charge in [-0.2, -0.15) is 0 Å². The van der Waals surface area contributed by atoms with E-state index in [0.29, 0.717) is 30.2 Å². The van der Waals surface area contributed by atoms with Crippen LogP contribution in [-0.2, 0) is 0 Å². The molecule has 0 saturated carbocycles. The highest BCUT2D eigenvalue weighted by Gasteiger charge is 2.24. The van der Waals surface area contributed by atoms with Gasteiger partial charge in [0.2, 0.25) is 5.28 Å². The van der Waals surface area contributed by atoms with Gasteiger partial charge in [-0.05, 0) is 18.0 Å². The van der Waals surface area contributed by atoms with Crippen LogP contribution in [0.2, 0.25) is 10.3 Å². The summed E-state index contributed by atoms with van der Waals surface area (Å²) in [6.45, 7) is 1.08. The largest absolute Gasteiger partial charge is 0.345 e. The number of anilines is 1. The molecule has 4 nitrogen and oxygen atoms in total. The summed E-state index contributed by atoms with van der Waals surface area (Å²) in [5, 5.41) is 1.34. The summed E-state index contributed by atoms with van der Waals surface area (Å²) >= 11 is 13.2. The van der Waals surface area contributed by atoms with Crippen LogP contribution in [0.1, 0.15) is 6.42 Å². The van der Waals surface area contributed by atoms with E-state index in [1.54, 1.807) is 6.20 Å². The molecule has 1 aliphatic heterocycles. The van der Waals surface area contributed by atoms with Gasteiger partial charge in [0.15, 0.2) is 5.13 Å². The highest BCUT2D eigenvalue weighted by molar-refractivity contribution is 7.18. The molecule has 0 N–H and O–H groups in total. The average molecular weight is 319 g/mol. The summed E-state index contributed by atoms with van der Waals surface area (Å²) in [5.74, 6) is 0. The second kappa shape index (κ2) is 5.19. The normalized spacial score (nSPS) is 19.1. The van der Waals surface area contributed by atoms with Crippen molar-refractivity contribution in [2.75, 3.05) is 18.0 Å². The van der Waals surface area contributed by atoms with E-state index < -0.39 is 6.17 Å². The third kappa shape index (κ3) is 2.66. The molecule has 0 bridgehead atoms. The van der Waals surface area contributed by atoms with E-state index in [9.17, 15) is 4.39 Å². The smallest absolute Gasteiger partial charge is 0.223 e. The van der Waals surface area contributed by atoms with Gasteiger partial charge in [-0.1, -0.05) is 22.9 Å². The maximum absolute atomic E-state index is 13.2.